The maximum absolute atomic E-state index is 12.5. The van der Waals surface area contributed by atoms with Crippen LogP contribution < -0.4 is 10.9 Å². The van der Waals surface area contributed by atoms with Gasteiger partial charge in [-0.1, -0.05) is 17.7 Å². The minimum absolute atomic E-state index is 0.163. The molecule has 25 heavy (non-hydrogen) atoms. The van der Waals surface area contributed by atoms with E-state index < -0.39 is 11.5 Å². The molecule has 6 nitrogen and oxygen atoms in total. The molecule has 0 spiro atoms. The van der Waals surface area contributed by atoms with Crippen LogP contribution in [0.2, 0.25) is 5.02 Å². The minimum Gasteiger partial charge on any atom is -0.420 e. The lowest BCUT2D eigenvalue weighted by atomic mass is 10.1. The van der Waals surface area contributed by atoms with E-state index in [-0.39, 0.29) is 17.8 Å². The number of aryl methyl sites for hydroxylation is 2. The van der Waals surface area contributed by atoms with E-state index in [4.69, 9.17) is 16.0 Å². The summed E-state index contributed by atoms with van der Waals surface area (Å²) in [7, 11) is 0. The van der Waals surface area contributed by atoms with Gasteiger partial charge in [0.1, 0.15) is 5.56 Å². The number of halogens is 1. The minimum atomic E-state index is -0.775. The molecule has 0 radical (unpaired) electrons. The molecule has 3 rings (SSSR count). The maximum Gasteiger partial charge on any atom is 0.349 e. The lowest BCUT2D eigenvalue weighted by Crippen LogP contribution is -2.21. The summed E-state index contributed by atoms with van der Waals surface area (Å²) >= 11 is 6.04. The quantitative estimate of drug-likeness (QED) is 0.750. The first-order valence-corrected chi connectivity index (χ1v) is 7.89. The van der Waals surface area contributed by atoms with Crippen LogP contribution in [0.3, 0.4) is 0 Å². The van der Waals surface area contributed by atoms with Gasteiger partial charge in [-0.2, -0.15) is 0 Å². The standard InChI is InChI=1S/C18H15ClN2O4/c1-9-3-4-12(5-15(9)19)21-17(23)14-6-13-11(8-22)7-20-10(2)16(13)25-18(14)24/h3-7,22H,8H2,1-2H3,(H,21,23). The molecular weight excluding hydrogens is 344 g/mol. The molecule has 2 N–H and O–H groups in total. The van der Waals surface area contributed by atoms with E-state index in [1.165, 1.54) is 12.3 Å². The van der Waals surface area contributed by atoms with Gasteiger partial charge in [-0.05, 0) is 37.6 Å². The zero-order valence-corrected chi connectivity index (χ0v) is 14.3. The van der Waals surface area contributed by atoms with E-state index in [1.807, 2.05) is 6.92 Å². The largest absolute Gasteiger partial charge is 0.420 e. The number of aromatic nitrogens is 1. The molecule has 0 aliphatic rings. The highest BCUT2D eigenvalue weighted by Gasteiger charge is 2.17. The number of hydrogen-bond acceptors (Lipinski definition) is 5. The van der Waals surface area contributed by atoms with Crippen LogP contribution in [-0.4, -0.2) is 16.0 Å². The number of nitrogens with zero attached hydrogens (tertiary/aromatic N) is 1. The highest BCUT2D eigenvalue weighted by molar-refractivity contribution is 6.31. The van der Waals surface area contributed by atoms with Crippen LogP contribution in [0, 0.1) is 13.8 Å². The number of anilines is 1. The Bertz CT molecular complexity index is 1040. The van der Waals surface area contributed by atoms with Crippen LogP contribution in [0.15, 0.2) is 39.7 Å². The number of fused-ring (bicyclic) bond motifs is 1. The Morgan fingerprint density at radius 2 is 2.08 bits per heavy atom. The van der Waals surface area contributed by atoms with Crippen LogP contribution in [-0.2, 0) is 6.61 Å². The van der Waals surface area contributed by atoms with E-state index >= 15 is 0 Å². The van der Waals surface area contributed by atoms with Crippen LogP contribution in [0.25, 0.3) is 11.0 Å². The summed E-state index contributed by atoms with van der Waals surface area (Å²) in [5, 5.41) is 13.0. The van der Waals surface area contributed by atoms with Gasteiger partial charge in [0.2, 0.25) is 0 Å². The highest BCUT2D eigenvalue weighted by atomic mass is 35.5. The summed E-state index contributed by atoms with van der Waals surface area (Å²) in [5.41, 5.74) is 1.63. The summed E-state index contributed by atoms with van der Waals surface area (Å²) in [6.45, 7) is 3.24. The number of benzene rings is 1. The number of rotatable bonds is 3. The van der Waals surface area contributed by atoms with Crippen LogP contribution in [0.5, 0.6) is 0 Å². The third-order valence-electron chi connectivity index (χ3n) is 3.88. The number of hydrogen-bond donors (Lipinski definition) is 2. The van der Waals surface area contributed by atoms with Crippen molar-refractivity contribution in [3.05, 3.63) is 68.3 Å². The van der Waals surface area contributed by atoms with Crippen LogP contribution >= 0.6 is 11.6 Å². The molecule has 0 saturated carbocycles. The fourth-order valence-electron chi connectivity index (χ4n) is 2.43. The molecule has 0 aliphatic carbocycles. The number of aliphatic hydroxyl groups excluding tert-OH is 1. The van der Waals surface area contributed by atoms with Gasteiger partial charge < -0.3 is 14.8 Å². The van der Waals surface area contributed by atoms with Crippen molar-refractivity contribution < 1.29 is 14.3 Å². The van der Waals surface area contributed by atoms with Gasteiger partial charge in [0.05, 0.1) is 12.3 Å². The van der Waals surface area contributed by atoms with Crippen LogP contribution in [0.4, 0.5) is 5.69 Å². The van der Waals surface area contributed by atoms with Crippen LogP contribution in [0.1, 0.15) is 27.2 Å². The molecule has 2 aromatic heterocycles. The topological polar surface area (TPSA) is 92.4 Å². The molecule has 7 heteroatoms. The second-order valence-corrected chi connectivity index (χ2v) is 6.04. The lowest BCUT2D eigenvalue weighted by Gasteiger charge is -2.09. The van der Waals surface area contributed by atoms with Gasteiger partial charge in [0.15, 0.2) is 5.58 Å². The molecule has 0 bridgehead atoms. The van der Waals surface area contributed by atoms with Crippen molar-refractivity contribution in [1.29, 1.82) is 0 Å². The second-order valence-electron chi connectivity index (χ2n) is 5.64. The number of pyridine rings is 1. The predicted octanol–water partition coefficient (Wildman–Crippen LogP) is 3.20. The molecule has 0 unspecified atom stereocenters. The Morgan fingerprint density at radius 1 is 1.32 bits per heavy atom. The fourth-order valence-corrected chi connectivity index (χ4v) is 2.62. The van der Waals surface area contributed by atoms with Crippen molar-refractivity contribution in [2.75, 3.05) is 5.32 Å². The number of carbonyl (C=O) groups excluding carboxylic acids is 1. The van der Waals surface area contributed by atoms with Crippen molar-refractivity contribution in [3.63, 3.8) is 0 Å². The summed E-state index contributed by atoms with van der Waals surface area (Å²) in [4.78, 5) is 28.7. The van der Waals surface area contributed by atoms with Gasteiger partial charge in [0, 0.05) is 27.9 Å². The van der Waals surface area contributed by atoms with Gasteiger partial charge in [-0.25, -0.2) is 4.79 Å². The van der Waals surface area contributed by atoms with Crippen molar-refractivity contribution in [2.45, 2.75) is 20.5 Å². The number of aliphatic hydroxyl groups is 1. The summed E-state index contributed by atoms with van der Waals surface area (Å²) in [6.07, 6.45) is 1.49. The summed E-state index contributed by atoms with van der Waals surface area (Å²) < 4.78 is 5.25. The van der Waals surface area contributed by atoms with Gasteiger partial charge in [-0.3, -0.25) is 9.78 Å². The average Bonchev–Trinajstić information content (AvgIpc) is 2.58. The molecule has 0 saturated heterocycles. The van der Waals surface area contributed by atoms with E-state index in [1.54, 1.807) is 25.1 Å². The van der Waals surface area contributed by atoms with Crippen molar-refractivity contribution in [2.24, 2.45) is 0 Å². The summed E-state index contributed by atoms with van der Waals surface area (Å²) in [5.74, 6) is -0.617. The van der Waals surface area contributed by atoms with Gasteiger partial charge in [0.25, 0.3) is 5.91 Å². The molecule has 2 heterocycles. The normalized spacial score (nSPS) is 10.9. The number of amides is 1. The Hall–Kier alpha value is -2.70. The molecular formula is C18H15ClN2O4. The smallest absolute Gasteiger partial charge is 0.349 e. The first-order chi connectivity index (χ1) is 11.9. The monoisotopic (exact) mass is 358 g/mol. The molecule has 0 atom stereocenters. The Labute approximate surface area is 148 Å². The van der Waals surface area contributed by atoms with Crippen molar-refractivity contribution >= 4 is 34.2 Å². The average molecular weight is 359 g/mol. The molecule has 0 aliphatic heterocycles. The fraction of sp³-hybridized carbons (Fsp3) is 0.167. The zero-order chi connectivity index (χ0) is 18.1. The third kappa shape index (κ3) is 3.26. The number of carbonyl (C=O) groups is 1. The number of nitrogens with one attached hydrogen (secondary N) is 1. The van der Waals surface area contributed by atoms with E-state index in [0.29, 0.717) is 27.4 Å². The molecule has 0 fully saturated rings. The lowest BCUT2D eigenvalue weighted by molar-refractivity contribution is 0.102. The SMILES string of the molecule is Cc1ccc(NC(=O)c2cc3c(CO)cnc(C)c3oc2=O)cc1Cl. The van der Waals surface area contributed by atoms with Gasteiger partial charge >= 0.3 is 5.63 Å². The van der Waals surface area contributed by atoms with Crippen molar-refractivity contribution in [3.8, 4) is 0 Å². The Kier molecular flexibility index (Phi) is 4.57. The molecule has 3 aromatic rings. The Morgan fingerprint density at radius 3 is 2.76 bits per heavy atom. The van der Waals surface area contributed by atoms with E-state index in [0.717, 1.165) is 5.56 Å². The Balaban J connectivity index is 2.05. The van der Waals surface area contributed by atoms with E-state index in [9.17, 15) is 14.7 Å². The molecule has 128 valence electrons. The molecule has 1 aromatic carbocycles. The highest BCUT2D eigenvalue weighted by Crippen LogP contribution is 2.22. The maximum atomic E-state index is 12.5. The van der Waals surface area contributed by atoms with Gasteiger partial charge in [-0.15, -0.1) is 0 Å². The zero-order valence-electron chi connectivity index (χ0n) is 13.6. The predicted molar refractivity (Wildman–Crippen MR) is 95.1 cm³/mol. The third-order valence-corrected chi connectivity index (χ3v) is 4.29. The second kappa shape index (κ2) is 6.66. The van der Waals surface area contributed by atoms with Crippen molar-refractivity contribution in [1.82, 2.24) is 4.98 Å². The first kappa shape index (κ1) is 17.1. The van der Waals surface area contributed by atoms with E-state index in [2.05, 4.69) is 10.3 Å². The summed E-state index contributed by atoms with van der Waals surface area (Å²) in [6, 6.07) is 6.46. The molecule has 1 amide bonds. The first-order valence-electron chi connectivity index (χ1n) is 7.51.